The van der Waals surface area contributed by atoms with Gasteiger partial charge in [-0.1, -0.05) is 6.07 Å². The van der Waals surface area contributed by atoms with Crippen LogP contribution < -0.4 is 10.1 Å². The Labute approximate surface area is 123 Å². The van der Waals surface area contributed by atoms with Crippen molar-refractivity contribution in [3.05, 3.63) is 29.3 Å². The molecule has 0 aliphatic carbocycles. The van der Waals surface area contributed by atoms with Crippen LogP contribution in [-0.2, 0) is 6.54 Å². The minimum absolute atomic E-state index is 0.588. The summed E-state index contributed by atoms with van der Waals surface area (Å²) in [6.07, 6.45) is 0. The number of ether oxygens (including phenoxy) is 1. The van der Waals surface area contributed by atoms with E-state index in [2.05, 4.69) is 23.1 Å². The molecule has 1 saturated heterocycles. The maximum absolute atomic E-state index is 8.94. The first-order chi connectivity index (χ1) is 9.33. The minimum Gasteiger partial charge on any atom is -0.495 e. The van der Waals surface area contributed by atoms with Gasteiger partial charge in [-0.05, 0) is 17.7 Å². The van der Waals surface area contributed by atoms with Gasteiger partial charge >= 0.3 is 0 Å². The predicted molar refractivity (Wildman–Crippen MR) is 83.0 cm³/mol. The summed E-state index contributed by atoms with van der Waals surface area (Å²) in [7, 11) is 1.60. The Balaban J connectivity index is 1.84. The molecule has 1 aromatic rings. The highest BCUT2D eigenvalue weighted by Gasteiger charge is 2.13. The lowest BCUT2D eigenvalue weighted by Crippen LogP contribution is -2.28. The van der Waals surface area contributed by atoms with Gasteiger partial charge in [-0.25, -0.2) is 0 Å². The van der Waals surface area contributed by atoms with Crippen molar-refractivity contribution in [2.75, 3.05) is 30.9 Å². The minimum atomic E-state index is 0.588. The largest absolute Gasteiger partial charge is 0.495 e. The van der Waals surface area contributed by atoms with Crippen LogP contribution in [0.5, 0.6) is 5.75 Å². The first kappa shape index (κ1) is 14.6. The molecule has 1 heterocycles. The molecular weight excluding hydrogens is 276 g/mol. The Morgan fingerprint density at radius 2 is 2.37 bits per heavy atom. The molecule has 2 rings (SSSR count). The van der Waals surface area contributed by atoms with Crippen LogP contribution in [0.4, 0.5) is 0 Å². The molecule has 0 bridgehead atoms. The number of rotatable bonds is 5. The van der Waals surface area contributed by atoms with E-state index in [-0.39, 0.29) is 0 Å². The second-order valence-electron chi connectivity index (χ2n) is 4.35. The van der Waals surface area contributed by atoms with E-state index in [1.54, 1.807) is 7.11 Å². The van der Waals surface area contributed by atoms with Crippen molar-refractivity contribution in [1.29, 1.82) is 5.26 Å². The second-order valence-corrected chi connectivity index (χ2v) is 6.90. The summed E-state index contributed by atoms with van der Waals surface area (Å²) in [6, 6.07) is 7.87. The van der Waals surface area contributed by atoms with Crippen molar-refractivity contribution in [2.45, 2.75) is 11.8 Å². The summed E-state index contributed by atoms with van der Waals surface area (Å²) >= 11 is 4.10. The van der Waals surface area contributed by atoms with Crippen LogP contribution in [0.1, 0.15) is 11.1 Å². The molecule has 1 aliphatic rings. The number of benzene rings is 1. The summed E-state index contributed by atoms with van der Waals surface area (Å²) in [5.74, 6) is 4.45. The average Bonchev–Trinajstić information content (AvgIpc) is 2.48. The van der Waals surface area contributed by atoms with Crippen LogP contribution in [0.25, 0.3) is 0 Å². The number of methoxy groups -OCH3 is 1. The van der Waals surface area contributed by atoms with Gasteiger partial charge in [0.25, 0.3) is 0 Å². The SMILES string of the molecule is COc1cc(CNCC2CSCCS2)ccc1C#N. The van der Waals surface area contributed by atoms with Gasteiger partial charge in [0.05, 0.1) is 12.7 Å². The smallest absolute Gasteiger partial charge is 0.136 e. The van der Waals surface area contributed by atoms with E-state index >= 15 is 0 Å². The Morgan fingerprint density at radius 1 is 1.47 bits per heavy atom. The maximum atomic E-state index is 8.94. The standard InChI is InChI=1S/C14H18N2OS2/c1-17-14-6-11(2-3-12(14)7-15)8-16-9-13-10-18-4-5-19-13/h2-3,6,13,16H,4-5,8-10H2,1H3. The second kappa shape index (κ2) is 7.68. The molecule has 5 heteroatoms. The molecule has 1 N–H and O–H groups in total. The van der Waals surface area contributed by atoms with Crippen LogP contribution in [0, 0.1) is 11.3 Å². The van der Waals surface area contributed by atoms with Crippen LogP contribution in [0.3, 0.4) is 0 Å². The predicted octanol–water partition coefficient (Wildman–Crippen LogP) is 2.51. The van der Waals surface area contributed by atoms with Gasteiger partial charge < -0.3 is 10.1 Å². The van der Waals surface area contributed by atoms with E-state index < -0.39 is 0 Å². The highest BCUT2D eigenvalue weighted by molar-refractivity contribution is 8.06. The molecule has 1 aliphatic heterocycles. The number of nitrogens with zero attached hydrogens (tertiary/aromatic N) is 1. The molecule has 1 unspecified atom stereocenters. The summed E-state index contributed by atoms with van der Waals surface area (Å²) in [6.45, 7) is 1.86. The fourth-order valence-corrected chi connectivity index (χ4v) is 4.62. The molecule has 0 saturated carbocycles. The summed E-state index contributed by atoms with van der Waals surface area (Å²) in [5, 5.41) is 13.1. The van der Waals surface area contributed by atoms with Gasteiger partial charge in [0.1, 0.15) is 11.8 Å². The number of hydrogen-bond acceptors (Lipinski definition) is 5. The fraction of sp³-hybridized carbons (Fsp3) is 0.500. The summed E-state index contributed by atoms with van der Waals surface area (Å²) in [4.78, 5) is 0. The zero-order valence-electron chi connectivity index (χ0n) is 11.0. The number of hydrogen-bond donors (Lipinski definition) is 1. The Morgan fingerprint density at radius 3 is 3.05 bits per heavy atom. The molecule has 1 aromatic carbocycles. The lowest BCUT2D eigenvalue weighted by Gasteiger charge is -2.21. The lowest BCUT2D eigenvalue weighted by molar-refractivity contribution is 0.412. The highest BCUT2D eigenvalue weighted by atomic mass is 32.2. The van der Waals surface area contributed by atoms with Crippen molar-refractivity contribution < 1.29 is 4.74 Å². The monoisotopic (exact) mass is 294 g/mol. The van der Waals surface area contributed by atoms with Crippen LogP contribution in [-0.4, -0.2) is 36.2 Å². The van der Waals surface area contributed by atoms with Crippen molar-refractivity contribution >= 4 is 23.5 Å². The van der Waals surface area contributed by atoms with Gasteiger partial charge in [-0.2, -0.15) is 28.8 Å². The van der Waals surface area contributed by atoms with E-state index in [1.807, 2.05) is 30.0 Å². The van der Waals surface area contributed by atoms with Crippen molar-refractivity contribution in [1.82, 2.24) is 5.32 Å². The van der Waals surface area contributed by atoms with Gasteiger partial charge in [0, 0.05) is 35.6 Å². The first-order valence-electron chi connectivity index (χ1n) is 6.30. The fourth-order valence-electron chi connectivity index (χ4n) is 1.97. The first-order valence-corrected chi connectivity index (χ1v) is 8.51. The van der Waals surface area contributed by atoms with Gasteiger partial charge in [-0.3, -0.25) is 0 Å². The number of nitrogens with one attached hydrogen (secondary N) is 1. The molecular formula is C14H18N2OS2. The number of nitriles is 1. The van der Waals surface area contributed by atoms with E-state index in [0.29, 0.717) is 11.3 Å². The topological polar surface area (TPSA) is 45.0 Å². The molecule has 1 fully saturated rings. The molecule has 3 nitrogen and oxygen atoms in total. The van der Waals surface area contributed by atoms with Crippen LogP contribution in [0.2, 0.25) is 0 Å². The normalized spacial score (nSPS) is 18.8. The quantitative estimate of drug-likeness (QED) is 0.904. The van der Waals surface area contributed by atoms with E-state index in [9.17, 15) is 0 Å². The summed E-state index contributed by atoms with van der Waals surface area (Å²) in [5.41, 5.74) is 1.75. The van der Waals surface area contributed by atoms with Crippen LogP contribution >= 0.6 is 23.5 Å². The zero-order valence-corrected chi connectivity index (χ0v) is 12.6. The third-order valence-corrected chi connectivity index (χ3v) is 5.82. The van der Waals surface area contributed by atoms with E-state index in [0.717, 1.165) is 23.9 Å². The van der Waals surface area contributed by atoms with Crippen LogP contribution in [0.15, 0.2) is 18.2 Å². The lowest BCUT2D eigenvalue weighted by atomic mass is 10.1. The third kappa shape index (κ3) is 4.34. The van der Waals surface area contributed by atoms with Crippen molar-refractivity contribution in [3.8, 4) is 11.8 Å². The molecule has 0 amide bonds. The number of thioether (sulfide) groups is 2. The van der Waals surface area contributed by atoms with E-state index in [4.69, 9.17) is 10.00 Å². The molecule has 19 heavy (non-hydrogen) atoms. The molecule has 0 radical (unpaired) electrons. The van der Waals surface area contributed by atoms with Gasteiger partial charge in [0.2, 0.25) is 0 Å². The Kier molecular flexibility index (Phi) is 5.90. The third-order valence-electron chi connectivity index (χ3n) is 2.97. The molecule has 0 aromatic heterocycles. The van der Waals surface area contributed by atoms with Gasteiger partial charge in [-0.15, -0.1) is 0 Å². The molecule has 102 valence electrons. The zero-order chi connectivity index (χ0) is 13.5. The molecule has 1 atom stereocenters. The van der Waals surface area contributed by atoms with Gasteiger partial charge in [0.15, 0.2) is 0 Å². The Bertz CT molecular complexity index is 453. The summed E-state index contributed by atoms with van der Waals surface area (Å²) < 4.78 is 5.22. The average molecular weight is 294 g/mol. The van der Waals surface area contributed by atoms with Crippen molar-refractivity contribution in [3.63, 3.8) is 0 Å². The Hall–Kier alpha value is -0.830. The maximum Gasteiger partial charge on any atom is 0.136 e. The molecule has 0 spiro atoms. The van der Waals surface area contributed by atoms with E-state index in [1.165, 1.54) is 17.3 Å². The van der Waals surface area contributed by atoms with Crippen molar-refractivity contribution in [2.24, 2.45) is 0 Å². The highest BCUT2D eigenvalue weighted by Crippen LogP contribution is 2.23.